The lowest BCUT2D eigenvalue weighted by Gasteiger charge is -2.10. The first-order chi connectivity index (χ1) is 14.0. The fraction of sp³-hybridized carbons (Fsp3) is 0.136. The number of fused-ring (bicyclic) bond motifs is 1. The zero-order chi connectivity index (χ0) is 20.5. The number of carbonyl (C=O) groups is 1. The maximum absolute atomic E-state index is 13.0. The Morgan fingerprint density at radius 1 is 1.14 bits per heavy atom. The third-order valence-corrected chi connectivity index (χ3v) is 4.48. The molecule has 0 saturated heterocycles. The van der Waals surface area contributed by atoms with Crippen LogP contribution in [-0.2, 0) is 0 Å². The Labute approximate surface area is 165 Å². The molecule has 7 heteroatoms. The van der Waals surface area contributed by atoms with E-state index in [1.807, 2.05) is 6.92 Å². The number of aromatic nitrogens is 2. The lowest BCUT2D eigenvalue weighted by Crippen LogP contribution is -2.18. The summed E-state index contributed by atoms with van der Waals surface area (Å²) in [6.07, 6.45) is 1.46. The van der Waals surface area contributed by atoms with Crippen LogP contribution < -0.4 is 10.3 Å². The highest BCUT2D eigenvalue weighted by molar-refractivity contribution is 6.12. The first-order valence-electron chi connectivity index (χ1n) is 9.07. The maximum Gasteiger partial charge on any atom is 0.255 e. The van der Waals surface area contributed by atoms with Gasteiger partial charge in [0.15, 0.2) is 28.5 Å². The molecule has 0 aliphatic heterocycles. The molecule has 0 radical (unpaired) electrons. The predicted molar refractivity (Wildman–Crippen MR) is 107 cm³/mol. The lowest BCUT2D eigenvalue weighted by molar-refractivity contribution is 0.103. The SMILES string of the molecule is CCOc1ccc(-n2cc(C(=O)c3ccc4oc(C)nc4c3O)ccc2=O)cc1. The van der Waals surface area contributed by atoms with E-state index in [9.17, 15) is 14.7 Å². The van der Waals surface area contributed by atoms with Gasteiger partial charge >= 0.3 is 0 Å². The summed E-state index contributed by atoms with van der Waals surface area (Å²) >= 11 is 0. The highest BCUT2D eigenvalue weighted by Crippen LogP contribution is 2.30. The van der Waals surface area contributed by atoms with Crippen molar-refractivity contribution in [2.45, 2.75) is 13.8 Å². The maximum atomic E-state index is 13.0. The van der Waals surface area contributed by atoms with E-state index >= 15 is 0 Å². The van der Waals surface area contributed by atoms with Crippen LogP contribution in [0.25, 0.3) is 16.8 Å². The molecule has 0 unspecified atom stereocenters. The molecule has 0 saturated carbocycles. The Kier molecular flexibility index (Phi) is 4.64. The van der Waals surface area contributed by atoms with E-state index in [0.717, 1.165) is 0 Å². The molecule has 0 aliphatic rings. The summed E-state index contributed by atoms with van der Waals surface area (Å²) in [7, 11) is 0. The number of phenolic OH excluding ortho intramolecular Hbond substituents is 1. The molecule has 0 bridgehead atoms. The van der Waals surface area contributed by atoms with Gasteiger partial charge in [-0.15, -0.1) is 0 Å². The average Bonchev–Trinajstić information content (AvgIpc) is 3.10. The molecule has 2 heterocycles. The van der Waals surface area contributed by atoms with Crippen molar-refractivity contribution in [1.82, 2.24) is 9.55 Å². The molecule has 0 aliphatic carbocycles. The second-order valence-corrected chi connectivity index (χ2v) is 6.42. The highest BCUT2D eigenvalue weighted by Gasteiger charge is 2.19. The second-order valence-electron chi connectivity index (χ2n) is 6.42. The van der Waals surface area contributed by atoms with Crippen LogP contribution in [0.15, 0.2) is 63.9 Å². The number of rotatable bonds is 5. The molecule has 2 aromatic heterocycles. The lowest BCUT2D eigenvalue weighted by atomic mass is 10.0. The molecule has 0 fully saturated rings. The smallest absolute Gasteiger partial charge is 0.255 e. The number of carbonyl (C=O) groups excluding carboxylic acids is 1. The van der Waals surface area contributed by atoms with E-state index in [0.29, 0.717) is 29.5 Å². The Balaban J connectivity index is 1.74. The summed E-state index contributed by atoms with van der Waals surface area (Å²) in [4.78, 5) is 29.4. The molecule has 0 amide bonds. The molecular formula is C22H18N2O5. The quantitative estimate of drug-likeness (QED) is 0.523. The predicted octanol–water partition coefficient (Wildman–Crippen LogP) is 3.62. The summed E-state index contributed by atoms with van der Waals surface area (Å²) < 4.78 is 12.2. The molecule has 1 N–H and O–H groups in total. The summed E-state index contributed by atoms with van der Waals surface area (Å²) in [5, 5.41) is 10.5. The number of ketones is 1. The minimum absolute atomic E-state index is 0.0858. The van der Waals surface area contributed by atoms with Gasteiger partial charge in [0, 0.05) is 30.4 Å². The van der Waals surface area contributed by atoms with E-state index < -0.39 is 5.78 Å². The van der Waals surface area contributed by atoms with Crippen LogP contribution in [0.2, 0.25) is 0 Å². The van der Waals surface area contributed by atoms with Crippen molar-refractivity contribution in [2.75, 3.05) is 6.61 Å². The van der Waals surface area contributed by atoms with Gasteiger partial charge in [-0.1, -0.05) is 0 Å². The number of pyridine rings is 1. The van der Waals surface area contributed by atoms with Crippen molar-refractivity contribution >= 4 is 16.9 Å². The molecule has 4 aromatic rings. The van der Waals surface area contributed by atoms with E-state index in [4.69, 9.17) is 9.15 Å². The highest BCUT2D eigenvalue weighted by atomic mass is 16.5. The number of aromatic hydroxyl groups is 1. The van der Waals surface area contributed by atoms with Gasteiger partial charge in [0.25, 0.3) is 5.56 Å². The fourth-order valence-corrected chi connectivity index (χ4v) is 3.12. The second kappa shape index (κ2) is 7.27. The van der Waals surface area contributed by atoms with Crippen molar-refractivity contribution in [2.24, 2.45) is 0 Å². The van der Waals surface area contributed by atoms with Crippen LogP contribution in [-0.4, -0.2) is 27.0 Å². The summed E-state index contributed by atoms with van der Waals surface area (Å²) in [6, 6.07) is 12.8. The van der Waals surface area contributed by atoms with Gasteiger partial charge in [-0.3, -0.25) is 14.2 Å². The first-order valence-corrected chi connectivity index (χ1v) is 9.07. The number of oxazole rings is 1. The molecule has 146 valence electrons. The molecule has 0 spiro atoms. The van der Waals surface area contributed by atoms with Gasteiger partial charge < -0.3 is 14.3 Å². The van der Waals surface area contributed by atoms with Gasteiger partial charge in [0.1, 0.15) is 5.75 Å². The summed E-state index contributed by atoms with van der Waals surface area (Å²) in [6.45, 7) is 4.09. The zero-order valence-electron chi connectivity index (χ0n) is 15.9. The van der Waals surface area contributed by atoms with Gasteiger partial charge in [-0.25, -0.2) is 4.98 Å². The van der Waals surface area contributed by atoms with Crippen molar-refractivity contribution in [3.63, 3.8) is 0 Å². The van der Waals surface area contributed by atoms with Crippen LogP contribution in [0.3, 0.4) is 0 Å². The van der Waals surface area contributed by atoms with E-state index in [2.05, 4.69) is 4.98 Å². The van der Waals surface area contributed by atoms with Gasteiger partial charge in [-0.05, 0) is 49.4 Å². The molecule has 7 nitrogen and oxygen atoms in total. The summed E-state index contributed by atoms with van der Waals surface area (Å²) in [5.41, 5.74) is 1.29. The summed E-state index contributed by atoms with van der Waals surface area (Å²) in [5.74, 6) is 0.412. The minimum atomic E-state index is -0.426. The number of benzene rings is 2. The Bertz CT molecular complexity index is 1270. The Hall–Kier alpha value is -3.87. The number of hydrogen-bond donors (Lipinski definition) is 1. The fourth-order valence-electron chi connectivity index (χ4n) is 3.12. The topological polar surface area (TPSA) is 94.6 Å². The standard InChI is InChI=1S/C22H18N2O5/c1-3-28-16-7-5-15(6-8-16)24-12-14(4-11-19(24)25)21(26)17-9-10-18-20(22(17)27)23-13(2)29-18/h4-12,27H,3H2,1-2H3. The largest absolute Gasteiger partial charge is 0.505 e. The van der Waals surface area contributed by atoms with E-state index in [-0.39, 0.29) is 28.0 Å². The number of phenols is 1. The van der Waals surface area contributed by atoms with Crippen LogP contribution >= 0.6 is 0 Å². The number of nitrogens with zero attached hydrogens (tertiary/aromatic N) is 2. The first kappa shape index (κ1) is 18.5. The van der Waals surface area contributed by atoms with Crippen LogP contribution in [0.4, 0.5) is 0 Å². The van der Waals surface area contributed by atoms with Crippen molar-refractivity contribution in [1.29, 1.82) is 0 Å². The average molecular weight is 390 g/mol. The van der Waals surface area contributed by atoms with Gasteiger partial charge in [-0.2, -0.15) is 0 Å². The van der Waals surface area contributed by atoms with Crippen LogP contribution in [0, 0.1) is 6.92 Å². The normalized spacial score (nSPS) is 11.0. The molecular weight excluding hydrogens is 372 g/mol. The monoisotopic (exact) mass is 390 g/mol. The van der Waals surface area contributed by atoms with Crippen molar-refractivity contribution in [3.8, 4) is 17.2 Å². The molecule has 2 aromatic carbocycles. The van der Waals surface area contributed by atoms with Gasteiger partial charge in [0.2, 0.25) is 0 Å². The van der Waals surface area contributed by atoms with Gasteiger partial charge in [0.05, 0.1) is 12.2 Å². The van der Waals surface area contributed by atoms with Crippen molar-refractivity contribution in [3.05, 3.63) is 82.1 Å². The third-order valence-electron chi connectivity index (χ3n) is 4.48. The molecule has 0 atom stereocenters. The number of aryl methyl sites for hydroxylation is 1. The minimum Gasteiger partial charge on any atom is -0.505 e. The van der Waals surface area contributed by atoms with Crippen molar-refractivity contribution < 1.29 is 19.1 Å². The number of ether oxygens (including phenoxy) is 1. The molecule has 29 heavy (non-hydrogen) atoms. The third kappa shape index (κ3) is 3.38. The van der Waals surface area contributed by atoms with E-state index in [1.54, 1.807) is 37.3 Å². The van der Waals surface area contributed by atoms with Crippen LogP contribution in [0.5, 0.6) is 11.5 Å². The Morgan fingerprint density at radius 2 is 1.90 bits per heavy atom. The van der Waals surface area contributed by atoms with Crippen LogP contribution in [0.1, 0.15) is 28.7 Å². The molecule has 4 rings (SSSR count). The number of hydrogen-bond acceptors (Lipinski definition) is 6. The Morgan fingerprint density at radius 3 is 2.62 bits per heavy atom. The van der Waals surface area contributed by atoms with E-state index in [1.165, 1.54) is 29.0 Å². The zero-order valence-corrected chi connectivity index (χ0v) is 15.9.